The Morgan fingerprint density at radius 3 is 2.67 bits per heavy atom. The molecule has 8 heteroatoms. The van der Waals surface area contributed by atoms with Crippen molar-refractivity contribution in [3.05, 3.63) is 46.5 Å². The number of nitrogens with zero attached hydrogens (tertiary/aromatic N) is 4. The van der Waals surface area contributed by atoms with Crippen LogP contribution in [0.25, 0.3) is 11.4 Å². The van der Waals surface area contributed by atoms with E-state index >= 15 is 0 Å². The van der Waals surface area contributed by atoms with E-state index in [-0.39, 0.29) is 12.5 Å². The van der Waals surface area contributed by atoms with Crippen LogP contribution in [0.3, 0.4) is 0 Å². The maximum atomic E-state index is 12.2. The Bertz CT molecular complexity index is 898. The van der Waals surface area contributed by atoms with Crippen molar-refractivity contribution >= 4 is 23.2 Å². The van der Waals surface area contributed by atoms with Crippen LogP contribution in [0.5, 0.6) is 0 Å². The second-order valence-electron chi connectivity index (χ2n) is 5.57. The van der Waals surface area contributed by atoms with Gasteiger partial charge in [-0.2, -0.15) is 10.2 Å². The first-order chi connectivity index (χ1) is 11.4. The monoisotopic (exact) mass is 344 g/mol. The van der Waals surface area contributed by atoms with E-state index in [0.717, 1.165) is 11.4 Å². The number of rotatable bonds is 4. The molecule has 3 rings (SSSR count). The summed E-state index contributed by atoms with van der Waals surface area (Å²) in [7, 11) is 0. The topological polar surface area (TPSA) is 88.5 Å². The molecule has 1 amide bonds. The summed E-state index contributed by atoms with van der Waals surface area (Å²) in [5, 5.41) is 14.4. The van der Waals surface area contributed by atoms with E-state index in [1.54, 1.807) is 22.9 Å². The normalized spacial score (nSPS) is 10.8. The lowest BCUT2D eigenvalue weighted by Crippen LogP contribution is -2.20. The Balaban J connectivity index is 1.72. The summed E-state index contributed by atoms with van der Waals surface area (Å²) < 4.78 is 1.66. The Morgan fingerprint density at radius 2 is 2.08 bits per heavy atom. The average Bonchev–Trinajstić information content (AvgIpc) is 3.05. The first-order valence-electron chi connectivity index (χ1n) is 7.42. The van der Waals surface area contributed by atoms with Crippen molar-refractivity contribution in [1.29, 1.82) is 0 Å². The molecule has 0 saturated heterocycles. The molecule has 7 nitrogen and oxygen atoms in total. The van der Waals surface area contributed by atoms with E-state index in [1.165, 1.54) is 0 Å². The number of carbonyl (C=O) groups excluding carboxylic acids is 1. The third-order valence-corrected chi connectivity index (χ3v) is 3.80. The van der Waals surface area contributed by atoms with E-state index < -0.39 is 0 Å². The summed E-state index contributed by atoms with van der Waals surface area (Å²) in [5.74, 6) is 1.07. The van der Waals surface area contributed by atoms with Gasteiger partial charge in [-0.15, -0.1) is 0 Å². The zero-order valence-corrected chi connectivity index (χ0v) is 14.3. The first kappa shape index (κ1) is 16.2. The van der Waals surface area contributed by atoms with Gasteiger partial charge in [-0.25, -0.2) is 4.98 Å². The van der Waals surface area contributed by atoms with Crippen molar-refractivity contribution in [2.24, 2.45) is 0 Å². The van der Waals surface area contributed by atoms with Gasteiger partial charge >= 0.3 is 0 Å². The molecule has 0 fully saturated rings. The van der Waals surface area contributed by atoms with Gasteiger partial charge in [0.25, 0.3) is 0 Å². The number of carbonyl (C=O) groups is 1. The molecule has 0 bridgehead atoms. The van der Waals surface area contributed by atoms with Crippen LogP contribution in [0, 0.1) is 20.8 Å². The van der Waals surface area contributed by atoms with E-state index in [9.17, 15) is 4.79 Å². The van der Waals surface area contributed by atoms with Gasteiger partial charge in [-0.05, 0) is 45.0 Å². The van der Waals surface area contributed by atoms with E-state index in [4.69, 9.17) is 11.6 Å². The standard InChI is InChI=1S/C16H17ClN6O/c1-9-6-10(2)23(22-9)8-15(24)19-12-4-5-13(14(17)7-12)16-18-11(3)20-21-16/h4-7H,8H2,1-3H3,(H,19,24)(H,18,20,21). The highest BCUT2D eigenvalue weighted by molar-refractivity contribution is 6.33. The van der Waals surface area contributed by atoms with E-state index in [1.807, 2.05) is 26.8 Å². The van der Waals surface area contributed by atoms with Crippen LogP contribution in [0.4, 0.5) is 5.69 Å². The molecule has 0 atom stereocenters. The highest BCUT2D eigenvalue weighted by Gasteiger charge is 2.11. The molecule has 1 aromatic carbocycles. The molecule has 0 unspecified atom stereocenters. The number of aromatic nitrogens is 5. The highest BCUT2D eigenvalue weighted by atomic mass is 35.5. The maximum absolute atomic E-state index is 12.2. The largest absolute Gasteiger partial charge is 0.324 e. The minimum absolute atomic E-state index is 0.152. The summed E-state index contributed by atoms with van der Waals surface area (Å²) >= 11 is 6.28. The van der Waals surface area contributed by atoms with E-state index in [0.29, 0.717) is 27.9 Å². The van der Waals surface area contributed by atoms with Crippen LogP contribution in [-0.4, -0.2) is 30.9 Å². The number of aryl methyl sites for hydroxylation is 3. The molecular weight excluding hydrogens is 328 g/mol. The molecule has 0 aliphatic heterocycles. The number of halogens is 1. The number of nitrogens with one attached hydrogen (secondary N) is 2. The number of benzene rings is 1. The first-order valence-corrected chi connectivity index (χ1v) is 7.80. The van der Waals surface area contributed by atoms with Crippen LogP contribution in [-0.2, 0) is 11.3 Å². The lowest BCUT2D eigenvalue weighted by Gasteiger charge is -2.08. The molecule has 0 spiro atoms. The molecule has 124 valence electrons. The molecule has 3 aromatic rings. The van der Waals surface area contributed by atoms with Crippen LogP contribution in [0.2, 0.25) is 5.02 Å². The lowest BCUT2D eigenvalue weighted by molar-refractivity contribution is -0.116. The van der Waals surface area contributed by atoms with Crippen LogP contribution in [0.1, 0.15) is 17.2 Å². The van der Waals surface area contributed by atoms with Crippen molar-refractivity contribution < 1.29 is 4.79 Å². The number of H-pyrrole nitrogens is 1. The van der Waals surface area contributed by atoms with Crippen LogP contribution >= 0.6 is 11.6 Å². The van der Waals surface area contributed by atoms with Gasteiger partial charge in [-0.1, -0.05) is 11.6 Å². The fraction of sp³-hybridized carbons (Fsp3) is 0.250. The van der Waals surface area contributed by atoms with Crippen molar-refractivity contribution in [1.82, 2.24) is 25.0 Å². The number of anilines is 1. The zero-order chi connectivity index (χ0) is 17.3. The third-order valence-electron chi connectivity index (χ3n) is 3.49. The van der Waals surface area contributed by atoms with Gasteiger partial charge in [0, 0.05) is 16.9 Å². The van der Waals surface area contributed by atoms with Gasteiger partial charge in [0.05, 0.1) is 10.7 Å². The van der Waals surface area contributed by atoms with Gasteiger partial charge in [0.2, 0.25) is 5.91 Å². The zero-order valence-electron chi connectivity index (χ0n) is 13.6. The second kappa shape index (κ2) is 6.45. The molecule has 0 saturated carbocycles. The summed E-state index contributed by atoms with van der Waals surface area (Å²) in [5.41, 5.74) is 3.14. The second-order valence-corrected chi connectivity index (χ2v) is 5.98. The van der Waals surface area contributed by atoms with Gasteiger partial charge in [0.15, 0.2) is 5.82 Å². The highest BCUT2D eigenvalue weighted by Crippen LogP contribution is 2.28. The number of hydrogen-bond acceptors (Lipinski definition) is 4. The van der Waals surface area contributed by atoms with Gasteiger partial charge < -0.3 is 5.32 Å². The predicted molar refractivity (Wildman–Crippen MR) is 91.9 cm³/mol. The number of aromatic amines is 1. The fourth-order valence-corrected chi connectivity index (χ4v) is 2.67. The Labute approximate surface area is 144 Å². The maximum Gasteiger partial charge on any atom is 0.246 e. The number of amides is 1. The van der Waals surface area contributed by atoms with Gasteiger partial charge in [-0.3, -0.25) is 14.6 Å². The van der Waals surface area contributed by atoms with Crippen molar-refractivity contribution in [2.45, 2.75) is 27.3 Å². The van der Waals surface area contributed by atoms with Crippen LogP contribution in [0.15, 0.2) is 24.3 Å². The quantitative estimate of drug-likeness (QED) is 0.761. The molecule has 24 heavy (non-hydrogen) atoms. The van der Waals surface area contributed by atoms with Crippen molar-refractivity contribution in [3.8, 4) is 11.4 Å². The Morgan fingerprint density at radius 1 is 1.29 bits per heavy atom. The predicted octanol–water partition coefficient (Wildman–Crippen LogP) is 2.89. The average molecular weight is 345 g/mol. The van der Waals surface area contributed by atoms with Gasteiger partial charge in [0.1, 0.15) is 12.4 Å². The minimum atomic E-state index is -0.168. The molecule has 2 aromatic heterocycles. The van der Waals surface area contributed by atoms with Crippen molar-refractivity contribution in [2.75, 3.05) is 5.32 Å². The van der Waals surface area contributed by atoms with E-state index in [2.05, 4.69) is 25.6 Å². The molecule has 0 aliphatic rings. The Hall–Kier alpha value is -2.67. The minimum Gasteiger partial charge on any atom is -0.324 e. The van der Waals surface area contributed by atoms with Crippen molar-refractivity contribution in [3.63, 3.8) is 0 Å². The lowest BCUT2D eigenvalue weighted by atomic mass is 10.2. The summed E-state index contributed by atoms with van der Waals surface area (Å²) in [6, 6.07) is 7.16. The molecule has 2 heterocycles. The molecule has 0 aliphatic carbocycles. The fourth-order valence-electron chi connectivity index (χ4n) is 2.41. The molecule has 0 radical (unpaired) electrons. The third kappa shape index (κ3) is 3.46. The Kier molecular flexibility index (Phi) is 4.35. The number of hydrogen-bond donors (Lipinski definition) is 2. The summed E-state index contributed by atoms with van der Waals surface area (Å²) in [4.78, 5) is 16.4. The van der Waals surface area contributed by atoms with Crippen LogP contribution < -0.4 is 5.32 Å². The summed E-state index contributed by atoms with van der Waals surface area (Å²) in [6.07, 6.45) is 0. The summed E-state index contributed by atoms with van der Waals surface area (Å²) in [6.45, 7) is 5.78. The molecule has 2 N–H and O–H groups in total. The smallest absolute Gasteiger partial charge is 0.246 e. The SMILES string of the molecule is Cc1cc(C)n(CC(=O)Nc2ccc(-c3n[nH]c(C)n3)c(Cl)c2)n1. The molecular formula is C16H17ClN6O.